The molecule has 4 aromatic rings. The van der Waals surface area contributed by atoms with E-state index in [0.29, 0.717) is 17.7 Å². The maximum absolute atomic E-state index is 11.4. The molecular weight excluding hydrogens is 338 g/mol. The molecule has 2 aromatic carbocycles. The third kappa shape index (κ3) is 3.62. The van der Waals surface area contributed by atoms with E-state index < -0.39 is 5.97 Å². The quantitative estimate of drug-likeness (QED) is 0.578. The van der Waals surface area contributed by atoms with Gasteiger partial charge in [-0.3, -0.25) is 9.67 Å². The molecule has 2 heterocycles. The van der Waals surface area contributed by atoms with Crippen LogP contribution in [0.1, 0.15) is 15.9 Å². The summed E-state index contributed by atoms with van der Waals surface area (Å²) in [6.07, 6.45) is 3.68. The maximum Gasteiger partial charge on any atom is 0.336 e. The molecule has 0 amide bonds. The summed E-state index contributed by atoms with van der Waals surface area (Å²) in [5.74, 6) is -0.923. The summed E-state index contributed by atoms with van der Waals surface area (Å²) in [4.78, 5) is 15.7. The molecule has 0 bridgehead atoms. The Morgan fingerprint density at radius 1 is 0.889 bits per heavy atom. The molecule has 1 N–H and O–H groups in total. The Bertz CT molecular complexity index is 1070. The molecule has 0 spiro atoms. The summed E-state index contributed by atoms with van der Waals surface area (Å²) in [6, 6.07) is 22.6. The van der Waals surface area contributed by atoms with Crippen molar-refractivity contribution in [3.63, 3.8) is 0 Å². The molecule has 0 radical (unpaired) electrons. The minimum Gasteiger partial charge on any atom is -0.478 e. The van der Waals surface area contributed by atoms with Gasteiger partial charge in [-0.15, -0.1) is 0 Å². The topological polar surface area (TPSA) is 68.0 Å². The second kappa shape index (κ2) is 7.25. The first-order valence-electron chi connectivity index (χ1n) is 8.57. The van der Waals surface area contributed by atoms with E-state index in [4.69, 9.17) is 0 Å². The van der Waals surface area contributed by atoms with Crippen LogP contribution in [-0.2, 0) is 6.54 Å². The summed E-state index contributed by atoms with van der Waals surface area (Å²) in [6.45, 7) is 0.633. The van der Waals surface area contributed by atoms with Crippen molar-refractivity contribution in [1.29, 1.82) is 0 Å². The van der Waals surface area contributed by atoms with Crippen LogP contribution < -0.4 is 0 Å². The predicted octanol–water partition coefficient (Wildman–Crippen LogP) is 4.36. The van der Waals surface area contributed by atoms with Crippen molar-refractivity contribution >= 4 is 5.97 Å². The van der Waals surface area contributed by atoms with Crippen LogP contribution in [0.5, 0.6) is 0 Å². The van der Waals surface area contributed by atoms with E-state index in [1.807, 2.05) is 71.5 Å². The van der Waals surface area contributed by atoms with Gasteiger partial charge in [0, 0.05) is 12.4 Å². The molecule has 0 unspecified atom stereocenters. The van der Waals surface area contributed by atoms with Crippen LogP contribution in [-0.4, -0.2) is 25.8 Å². The zero-order chi connectivity index (χ0) is 18.6. The number of carboxylic acids is 1. The molecule has 0 aliphatic rings. The minimum atomic E-state index is -0.923. The first kappa shape index (κ1) is 16.7. The van der Waals surface area contributed by atoms with Crippen molar-refractivity contribution in [2.75, 3.05) is 0 Å². The Morgan fingerprint density at radius 2 is 1.67 bits per heavy atom. The van der Waals surface area contributed by atoms with Gasteiger partial charge in [-0.2, -0.15) is 5.10 Å². The lowest BCUT2D eigenvalue weighted by Crippen LogP contribution is -2.01. The standard InChI is InChI=1S/C22H17N3O2/c26-22(27)19-6-2-1-5-18(19)17-10-8-16(9-11-17)15-25-14-12-21(24-25)20-7-3-4-13-23-20/h1-14H,15H2,(H,26,27). The monoisotopic (exact) mass is 355 g/mol. The van der Waals surface area contributed by atoms with E-state index in [1.54, 1.807) is 18.3 Å². The van der Waals surface area contributed by atoms with E-state index in [-0.39, 0.29) is 0 Å². The van der Waals surface area contributed by atoms with E-state index >= 15 is 0 Å². The number of aromatic nitrogens is 3. The van der Waals surface area contributed by atoms with Crippen LogP contribution in [0.15, 0.2) is 85.2 Å². The summed E-state index contributed by atoms with van der Waals surface area (Å²) in [7, 11) is 0. The third-order valence-corrected chi connectivity index (χ3v) is 4.33. The number of hydrogen-bond donors (Lipinski definition) is 1. The lowest BCUT2D eigenvalue weighted by atomic mass is 9.99. The molecule has 0 aliphatic heterocycles. The first-order chi connectivity index (χ1) is 13.2. The van der Waals surface area contributed by atoms with E-state index in [2.05, 4.69) is 10.1 Å². The fourth-order valence-corrected chi connectivity index (χ4v) is 3.00. The van der Waals surface area contributed by atoms with Crippen molar-refractivity contribution < 1.29 is 9.90 Å². The first-order valence-corrected chi connectivity index (χ1v) is 8.57. The van der Waals surface area contributed by atoms with Crippen LogP contribution in [0, 0.1) is 0 Å². The summed E-state index contributed by atoms with van der Waals surface area (Å²) in [5.41, 5.74) is 4.67. The second-order valence-corrected chi connectivity index (χ2v) is 6.16. The molecule has 4 rings (SSSR count). The average Bonchev–Trinajstić information content (AvgIpc) is 3.18. The highest BCUT2D eigenvalue weighted by atomic mass is 16.4. The Hall–Kier alpha value is -3.73. The van der Waals surface area contributed by atoms with Gasteiger partial charge in [0.1, 0.15) is 5.69 Å². The van der Waals surface area contributed by atoms with Crippen molar-refractivity contribution in [2.24, 2.45) is 0 Å². The fourth-order valence-electron chi connectivity index (χ4n) is 3.00. The molecule has 132 valence electrons. The van der Waals surface area contributed by atoms with Crippen LogP contribution in [0.2, 0.25) is 0 Å². The molecule has 0 aliphatic carbocycles. The molecule has 27 heavy (non-hydrogen) atoms. The van der Waals surface area contributed by atoms with Gasteiger partial charge in [0.15, 0.2) is 0 Å². The van der Waals surface area contributed by atoms with Crippen LogP contribution in [0.3, 0.4) is 0 Å². The van der Waals surface area contributed by atoms with Gasteiger partial charge in [0.05, 0.1) is 17.8 Å². The smallest absolute Gasteiger partial charge is 0.336 e. The molecule has 0 saturated heterocycles. The molecule has 5 nitrogen and oxygen atoms in total. The number of benzene rings is 2. The van der Waals surface area contributed by atoms with E-state index in [1.165, 1.54) is 0 Å². The van der Waals surface area contributed by atoms with Gasteiger partial charge >= 0.3 is 5.97 Å². The zero-order valence-electron chi connectivity index (χ0n) is 14.5. The van der Waals surface area contributed by atoms with E-state index in [0.717, 1.165) is 22.5 Å². The normalized spacial score (nSPS) is 10.7. The zero-order valence-corrected chi connectivity index (χ0v) is 14.5. The molecular formula is C22H17N3O2. The van der Waals surface area contributed by atoms with Crippen molar-refractivity contribution in [1.82, 2.24) is 14.8 Å². The Balaban J connectivity index is 1.54. The Kier molecular flexibility index (Phi) is 4.49. The van der Waals surface area contributed by atoms with Crippen LogP contribution >= 0.6 is 0 Å². The van der Waals surface area contributed by atoms with Crippen molar-refractivity contribution in [3.05, 3.63) is 96.3 Å². The van der Waals surface area contributed by atoms with Gasteiger partial charge in [-0.25, -0.2) is 4.79 Å². The van der Waals surface area contributed by atoms with Crippen LogP contribution in [0.4, 0.5) is 0 Å². The number of aromatic carboxylic acids is 1. The van der Waals surface area contributed by atoms with Gasteiger partial charge in [0.2, 0.25) is 0 Å². The van der Waals surface area contributed by atoms with Gasteiger partial charge < -0.3 is 5.11 Å². The number of nitrogens with zero attached hydrogens (tertiary/aromatic N) is 3. The van der Waals surface area contributed by atoms with Gasteiger partial charge in [-0.05, 0) is 41.0 Å². The Labute approximate surface area is 156 Å². The molecule has 2 aromatic heterocycles. The van der Waals surface area contributed by atoms with Gasteiger partial charge in [-0.1, -0.05) is 48.5 Å². The Morgan fingerprint density at radius 3 is 2.41 bits per heavy atom. The largest absolute Gasteiger partial charge is 0.478 e. The highest BCUT2D eigenvalue weighted by Crippen LogP contribution is 2.24. The van der Waals surface area contributed by atoms with Crippen molar-refractivity contribution in [2.45, 2.75) is 6.54 Å². The van der Waals surface area contributed by atoms with Gasteiger partial charge in [0.25, 0.3) is 0 Å². The highest BCUT2D eigenvalue weighted by molar-refractivity contribution is 5.95. The lowest BCUT2D eigenvalue weighted by Gasteiger charge is -2.08. The highest BCUT2D eigenvalue weighted by Gasteiger charge is 2.10. The summed E-state index contributed by atoms with van der Waals surface area (Å²) >= 11 is 0. The summed E-state index contributed by atoms with van der Waals surface area (Å²) in [5, 5.41) is 13.9. The number of carbonyl (C=O) groups is 1. The number of carboxylic acid groups (broad SMARTS) is 1. The molecule has 0 saturated carbocycles. The number of hydrogen-bond acceptors (Lipinski definition) is 3. The molecule has 0 fully saturated rings. The predicted molar refractivity (Wildman–Crippen MR) is 103 cm³/mol. The second-order valence-electron chi connectivity index (χ2n) is 6.16. The molecule has 0 atom stereocenters. The SMILES string of the molecule is O=C(O)c1ccccc1-c1ccc(Cn2ccc(-c3ccccn3)n2)cc1. The maximum atomic E-state index is 11.4. The number of pyridine rings is 1. The van der Waals surface area contributed by atoms with Crippen LogP contribution in [0.25, 0.3) is 22.5 Å². The van der Waals surface area contributed by atoms with Crippen molar-refractivity contribution in [3.8, 4) is 22.5 Å². The lowest BCUT2D eigenvalue weighted by molar-refractivity contribution is 0.0697. The summed E-state index contributed by atoms with van der Waals surface area (Å²) < 4.78 is 1.87. The van der Waals surface area contributed by atoms with E-state index in [9.17, 15) is 9.90 Å². The average molecular weight is 355 g/mol. The molecule has 5 heteroatoms. The fraction of sp³-hybridized carbons (Fsp3) is 0.0455. The number of rotatable bonds is 5. The third-order valence-electron chi connectivity index (χ3n) is 4.33. The minimum absolute atomic E-state index is 0.303.